The number of esters is 1. The molecule has 13 heavy (non-hydrogen) atoms. The monoisotopic (exact) mass is 188 g/mol. The number of urea groups is 1. The summed E-state index contributed by atoms with van der Waals surface area (Å²) in [5.74, 6) is -0.900. The Kier molecular flexibility index (Phi) is 5.01. The molecular weight excluding hydrogens is 176 g/mol. The number of hydrogen-bond acceptors (Lipinski definition) is 3. The summed E-state index contributed by atoms with van der Waals surface area (Å²) in [5.41, 5.74) is 9.82. The number of rotatable bonds is 3. The van der Waals surface area contributed by atoms with Gasteiger partial charge in [0.05, 0.1) is 6.61 Å². The van der Waals surface area contributed by atoms with Crippen molar-refractivity contribution in [1.29, 1.82) is 0 Å². The first-order valence-corrected chi connectivity index (χ1v) is 3.59. The van der Waals surface area contributed by atoms with E-state index in [1.54, 1.807) is 6.92 Å². The van der Waals surface area contributed by atoms with Crippen LogP contribution in [0.4, 0.5) is 4.79 Å². The molecule has 5 N–H and O–H groups in total. The van der Waals surface area contributed by atoms with Crippen LogP contribution in [0.1, 0.15) is 6.92 Å². The van der Waals surface area contributed by atoms with E-state index in [1.165, 1.54) is 0 Å². The third-order valence-electron chi connectivity index (χ3n) is 0.920. The molecule has 7 nitrogen and oxygen atoms in total. The summed E-state index contributed by atoms with van der Waals surface area (Å²) >= 11 is 0. The number of nitrogens with two attached hydrogens (primary N) is 2. The molecule has 0 atom stereocenters. The number of guanidine groups is 1. The Labute approximate surface area is 75.1 Å². The average molecular weight is 188 g/mol. The first-order valence-electron chi connectivity index (χ1n) is 3.59. The van der Waals surface area contributed by atoms with Crippen LogP contribution in [-0.4, -0.2) is 31.1 Å². The van der Waals surface area contributed by atoms with E-state index in [-0.39, 0.29) is 19.1 Å². The Morgan fingerprint density at radius 2 is 2.08 bits per heavy atom. The van der Waals surface area contributed by atoms with Crippen molar-refractivity contribution in [1.82, 2.24) is 5.32 Å². The summed E-state index contributed by atoms with van der Waals surface area (Å²) in [5, 5.41) is 2.14. The van der Waals surface area contributed by atoms with Crippen LogP contribution in [0.15, 0.2) is 4.99 Å². The van der Waals surface area contributed by atoms with Gasteiger partial charge in [-0.2, -0.15) is 4.99 Å². The normalized spacial score (nSPS) is 8.69. The lowest BCUT2D eigenvalue weighted by Crippen LogP contribution is -2.32. The third-order valence-corrected chi connectivity index (χ3v) is 0.920. The predicted octanol–water partition coefficient (Wildman–Crippen LogP) is -1.47. The minimum atomic E-state index is -0.770. The number of nitrogens with zero attached hydrogens (tertiary/aromatic N) is 1. The lowest BCUT2D eigenvalue weighted by atomic mass is 10.6. The molecule has 0 fully saturated rings. The zero-order chi connectivity index (χ0) is 10.3. The molecule has 0 bridgehead atoms. The molecule has 0 unspecified atom stereocenters. The molecule has 0 heterocycles. The lowest BCUT2D eigenvalue weighted by molar-refractivity contribution is -0.141. The van der Waals surface area contributed by atoms with Crippen LogP contribution in [0, 0.1) is 0 Å². The Hall–Kier alpha value is -1.79. The number of amides is 2. The van der Waals surface area contributed by atoms with Crippen molar-refractivity contribution in [3.8, 4) is 0 Å². The highest BCUT2D eigenvalue weighted by atomic mass is 16.5. The fraction of sp³-hybridized carbons (Fsp3) is 0.500. The Bertz CT molecular complexity index is 222. The first kappa shape index (κ1) is 11.2. The average Bonchev–Trinajstić information content (AvgIpc) is 2.00. The van der Waals surface area contributed by atoms with Crippen molar-refractivity contribution < 1.29 is 14.3 Å². The molecule has 0 aromatic rings. The fourth-order valence-electron chi connectivity index (χ4n) is 0.517. The number of hydrogen-bond donors (Lipinski definition) is 3. The molecule has 0 aliphatic heterocycles. The van der Waals surface area contributed by atoms with E-state index in [1.807, 2.05) is 0 Å². The number of carbonyl (C=O) groups is 2. The molecule has 2 amide bonds. The summed E-state index contributed by atoms with van der Waals surface area (Å²) in [6.45, 7) is 1.68. The van der Waals surface area contributed by atoms with Crippen LogP contribution in [-0.2, 0) is 9.53 Å². The quantitative estimate of drug-likeness (QED) is 0.284. The predicted molar refractivity (Wildman–Crippen MR) is 45.8 cm³/mol. The van der Waals surface area contributed by atoms with E-state index < -0.39 is 12.0 Å². The van der Waals surface area contributed by atoms with Crippen LogP contribution < -0.4 is 16.8 Å². The van der Waals surface area contributed by atoms with Gasteiger partial charge in [0, 0.05) is 0 Å². The molecule has 0 aromatic carbocycles. The van der Waals surface area contributed by atoms with E-state index in [0.717, 1.165) is 0 Å². The topological polar surface area (TPSA) is 120 Å². The maximum absolute atomic E-state index is 10.7. The van der Waals surface area contributed by atoms with Gasteiger partial charge in [-0.25, -0.2) is 4.79 Å². The Morgan fingerprint density at radius 3 is 2.54 bits per heavy atom. The van der Waals surface area contributed by atoms with Crippen molar-refractivity contribution in [3.63, 3.8) is 0 Å². The highest BCUT2D eigenvalue weighted by Gasteiger charge is 2.03. The number of carbonyl (C=O) groups excluding carboxylic acids is 2. The van der Waals surface area contributed by atoms with Crippen LogP contribution in [0.25, 0.3) is 0 Å². The maximum Gasteiger partial charge on any atom is 0.344 e. The van der Waals surface area contributed by atoms with E-state index in [9.17, 15) is 9.59 Å². The summed E-state index contributed by atoms with van der Waals surface area (Å²) < 4.78 is 4.53. The van der Waals surface area contributed by atoms with E-state index in [4.69, 9.17) is 11.5 Å². The number of nitrogens with one attached hydrogen (secondary N) is 1. The SMILES string of the molecule is CCOC(=O)CNC(=O)N=C(N)N. The number of ether oxygens (including phenoxy) is 1. The van der Waals surface area contributed by atoms with Gasteiger partial charge in [0.2, 0.25) is 0 Å². The van der Waals surface area contributed by atoms with Gasteiger partial charge in [0.1, 0.15) is 6.54 Å². The van der Waals surface area contributed by atoms with Crippen LogP contribution in [0.2, 0.25) is 0 Å². The fourth-order valence-corrected chi connectivity index (χ4v) is 0.517. The summed E-state index contributed by atoms with van der Waals surface area (Å²) in [6.07, 6.45) is 0. The molecule has 0 rings (SSSR count). The second kappa shape index (κ2) is 5.81. The molecule has 0 aliphatic carbocycles. The molecule has 0 saturated heterocycles. The minimum absolute atomic E-state index is 0.247. The van der Waals surface area contributed by atoms with Gasteiger partial charge < -0.3 is 21.5 Å². The molecule has 0 aromatic heterocycles. The van der Waals surface area contributed by atoms with Crippen LogP contribution in [0.5, 0.6) is 0 Å². The Balaban J connectivity index is 3.71. The minimum Gasteiger partial charge on any atom is -0.465 e. The zero-order valence-electron chi connectivity index (χ0n) is 7.24. The van der Waals surface area contributed by atoms with Crippen molar-refractivity contribution in [2.75, 3.05) is 13.2 Å². The highest BCUT2D eigenvalue weighted by Crippen LogP contribution is 1.77. The van der Waals surface area contributed by atoms with Gasteiger partial charge in [0.25, 0.3) is 0 Å². The van der Waals surface area contributed by atoms with Crippen LogP contribution >= 0.6 is 0 Å². The zero-order valence-corrected chi connectivity index (χ0v) is 7.24. The van der Waals surface area contributed by atoms with Gasteiger partial charge in [-0.3, -0.25) is 4.79 Å². The molecule has 74 valence electrons. The van der Waals surface area contributed by atoms with Crippen molar-refractivity contribution in [3.05, 3.63) is 0 Å². The first-order chi connectivity index (χ1) is 6.06. The van der Waals surface area contributed by atoms with Gasteiger partial charge in [0.15, 0.2) is 5.96 Å². The van der Waals surface area contributed by atoms with Gasteiger partial charge in [-0.1, -0.05) is 0 Å². The Morgan fingerprint density at radius 1 is 1.46 bits per heavy atom. The van der Waals surface area contributed by atoms with Gasteiger partial charge in [-0.05, 0) is 6.92 Å². The maximum atomic E-state index is 10.7. The van der Waals surface area contributed by atoms with Crippen molar-refractivity contribution in [2.45, 2.75) is 6.92 Å². The molecular formula is C6H12N4O3. The second-order valence-corrected chi connectivity index (χ2v) is 2.00. The van der Waals surface area contributed by atoms with Gasteiger partial charge in [-0.15, -0.1) is 0 Å². The standard InChI is InChI=1S/C6H12N4O3/c1-2-13-4(11)3-9-6(12)10-5(7)8/h2-3H2,1H3,(H5,7,8,9,10,12). The number of aliphatic imine (C=N–C) groups is 1. The smallest absolute Gasteiger partial charge is 0.344 e. The van der Waals surface area contributed by atoms with E-state index in [0.29, 0.717) is 0 Å². The molecule has 0 spiro atoms. The molecule has 0 saturated carbocycles. The molecule has 0 radical (unpaired) electrons. The van der Waals surface area contributed by atoms with Gasteiger partial charge >= 0.3 is 12.0 Å². The van der Waals surface area contributed by atoms with Crippen LogP contribution in [0.3, 0.4) is 0 Å². The highest BCUT2D eigenvalue weighted by molar-refractivity contribution is 5.91. The van der Waals surface area contributed by atoms with Crippen molar-refractivity contribution >= 4 is 18.0 Å². The van der Waals surface area contributed by atoms with E-state index in [2.05, 4.69) is 15.0 Å². The lowest BCUT2D eigenvalue weighted by Gasteiger charge is -2.01. The summed E-state index contributed by atoms with van der Waals surface area (Å²) in [4.78, 5) is 24.5. The largest absolute Gasteiger partial charge is 0.465 e. The molecule has 7 heteroatoms. The molecule has 0 aliphatic rings. The summed E-state index contributed by atoms with van der Waals surface area (Å²) in [7, 11) is 0. The third kappa shape index (κ3) is 6.60. The van der Waals surface area contributed by atoms with Crippen molar-refractivity contribution in [2.24, 2.45) is 16.5 Å². The van der Waals surface area contributed by atoms with E-state index >= 15 is 0 Å². The summed E-state index contributed by atoms with van der Waals surface area (Å²) in [6, 6.07) is -0.770. The second-order valence-electron chi connectivity index (χ2n) is 2.00.